The molecule has 2 heterocycles. The first-order chi connectivity index (χ1) is 7.27. The Labute approximate surface area is 86.4 Å². The van der Waals surface area contributed by atoms with Gasteiger partial charge in [-0.25, -0.2) is 4.98 Å². The van der Waals surface area contributed by atoms with E-state index in [2.05, 4.69) is 9.97 Å². The van der Waals surface area contributed by atoms with E-state index in [0.29, 0.717) is 5.95 Å². The summed E-state index contributed by atoms with van der Waals surface area (Å²) in [5, 5.41) is 1.04. The number of nitrogens with zero attached hydrogens (tertiary/aromatic N) is 3. The van der Waals surface area contributed by atoms with Gasteiger partial charge in [0.25, 0.3) is 0 Å². The van der Waals surface area contributed by atoms with Crippen molar-refractivity contribution in [3.05, 3.63) is 30.5 Å². The van der Waals surface area contributed by atoms with Crippen LogP contribution >= 0.6 is 0 Å². The van der Waals surface area contributed by atoms with Crippen molar-refractivity contribution in [1.82, 2.24) is 14.5 Å². The van der Waals surface area contributed by atoms with Gasteiger partial charge >= 0.3 is 0 Å². The molecule has 3 rings (SSSR count). The zero-order chi connectivity index (χ0) is 10.4. The predicted octanol–water partition coefficient (Wildman–Crippen LogP) is 1.70. The fourth-order valence-corrected chi connectivity index (χ4v) is 1.83. The van der Waals surface area contributed by atoms with E-state index in [1.54, 1.807) is 6.20 Å². The lowest BCUT2D eigenvalue weighted by Crippen LogP contribution is -1.95. The number of fused-ring (bicyclic) bond motifs is 3. The van der Waals surface area contributed by atoms with Crippen LogP contribution in [-0.4, -0.2) is 14.5 Å². The van der Waals surface area contributed by atoms with E-state index in [1.807, 2.05) is 35.9 Å². The number of pyridine rings is 1. The highest BCUT2D eigenvalue weighted by Gasteiger charge is 2.07. The maximum absolute atomic E-state index is 5.78. The molecule has 0 saturated carbocycles. The Hall–Kier alpha value is -2.10. The van der Waals surface area contributed by atoms with Gasteiger partial charge in [0.05, 0.1) is 11.0 Å². The summed E-state index contributed by atoms with van der Waals surface area (Å²) in [4.78, 5) is 8.62. The zero-order valence-corrected chi connectivity index (χ0v) is 8.31. The largest absolute Gasteiger partial charge is 0.369 e. The summed E-state index contributed by atoms with van der Waals surface area (Å²) in [6.45, 7) is 0. The molecule has 1 aromatic carbocycles. The summed E-state index contributed by atoms with van der Waals surface area (Å²) in [5.41, 5.74) is 8.67. The van der Waals surface area contributed by atoms with Crippen molar-refractivity contribution < 1.29 is 0 Å². The molecule has 15 heavy (non-hydrogen) atoms. The van der Waals surface area contributed by atoms with Crippen LogP contribution in [-0.2, 0) is 7.05 Å². The quantitative estimate of drug-likeness (QED) is 0.601. The van der Waals surface area contributed by atoms with E-state index in [-0.39, 0.29) is 0 Å². The Morgan fingerprint density at radius 2 is 2.20 bits per heavy atom. The summed E-state index contributed by atoms with van der Waals surface area (Å²) in [6.07, 6.45) is 1.78. The molecule has 4 nitrogen and oxygen atoms in total. The van der Waals surface area contributed by atoms with Gasteiger partial charge in [-0.3, -0.25) is 4.98 Å². The standard InChI is InChI=1S/C11H10N4/c1-15-9-5-4-8-7(3-2-6-13-8)10(9)14-11(15)12/h2-6H,1H3,(H2,12,14)/i11+2. The van der Waals surface area contributed by atoms with E-state index in [1.165, 1.54) is 0 Å². The first kappa shape index (κ1) is 8.23. The minimum Gasteiger partial charge on any atom is -0.369 e. The second-order valence-corrected chi connectivity index (χ2v) is 3.53. The van der Waals surface area contributed by atoms with Crippen molar-refractivity contribution in [1.29, 1.82) is 0 Å². The number of nitrogen functional groups attached to an aromatic ring is 1. The second-order valence-electron chi connectivity index (χ2n) is 3.53. The van der Waals surface area contributed by atoms with E-state index in [9.17, 15) is 0 Å². The van der Waals surface area contributed by atoms with Crippen LogP contribution in [0.4, 0.5) is 5.95 Å². The predicted molar refractivity (Wildman–Crippen MR) is 60.4 cm³/mol. The third-order valence-corrected chi connectivity index (χ3v) is 2.67. The van der Waals surface area contributed by atoms with Crippen LogP contribution in [0.5, 0.6) is 0 Å². The molecular formula is C11H10N4. The lowest BCUT2D eigenvalue weighted by molar-refractivity contribution is 0.965. The molecule has 0 amide bonds. The smallest absolute Gasteiger partial charge is 0.200 e. The molecule has 0 spiro atoms. The molecule has 0 aliphatic rings. The van der Waals surface area contributed by atoms with Gasteiger partial charge in [0.2, 0.25) is 5.95 Å². The van der Waals surface area contributed by atoms with Gasteiger partial charge < -0.3 is 10.3 Å². The molecule has 0 unspecified atom stereocenters. The minimum absolute atomic E-state index is 0.529. The highest BCUT2D eigenvalue weighted by Crippen LogP contribution is 2.24. The molecule has 4 heteroatoms. The average Bonchev–Trinajstić information content (AvgIpc) is 2.56. The third kappa shape index (κ3) is 1.01. The molecule has 2 N–H and O–H groups in total. The topological polar surface area (TPSA) is 56.7 Å². The maximum atomic E-state index is 5.78. The number of anilines is 1. The van der Waals surface area contributed by atoms with Crippen LogP contribution in [0.3, 0.4) is 0 Å². The van der Waals surface area contributed by atoms with Gasteiger partial charge in [-0.15, -0.1) is 0 Å². The molecule has 0 aliphatic heterocycles. The first-order valence-corrected chi connectivity index (χ1v) is 4.73. The SMILES string of the molecule is Cn1c2ccc3ncccc3c2n[14c]1N. The van der Waals surface area contributed by atoms with Crippen molar-refractivity contribution in [2.24, 2.45) is 7.05 Å². The normalized spacial score (nSPS) is 11.3. The Balaban J connectivity index is 2.60. The lowest BCUT2D eigenvalue weighted by Gasteiger charge is -1.98. The fraction of sp³-hybridized carbons (Fsp3) is 0.0909. The number of hydrogen-bond acceptors (Lipinski definition) is 3. The Kier molecular flexibility index (Phi) is 1.48. The summed E-state index contributed by atoms with van der Waals surface area (Å²) < 4.78 is 1.88. The van der Waals surface area contributed by atoms with Gasteiger partial charge in [-0.05, 0) is 24.3 Å². The summed E-state index contributed by atoms with van der Waals surface area (Å²) in [6, 6.07) is 7.90. The number of imidazole rings is 1. The zero-order valence-electron chi connectivity index (χ0n) is 8.31. The van der Waals surface area contributed by atoms with Crippen molar-refractivity contribution in [3.8, 4) is 0 Å². The van der Waals surface area contributed by atoms with Gasteiger partial charge in [0.15, 0.2) is 0 Å². The van der Waals surface area contributed by atoms with Crippen molar-refractivity contribution in [2.45, 2.75) is 0 Å². The van der Waals surface area contributed by atoms with Gasteiger partial charge in [-0.1, -0.05) is 0 Å². The highest BCUT2D eigenvalue weighted by atomic mass is 15.7. The van der Waals surface area contributed by atoms with E-state index in [0.717, 1.165) is 21.9 Å². The molecule has 74 valence electrons. The van der Waals surface area contributed by atoms with Gasteiger partial charge in [0, 0.05) is 18.6 Å². The molecule has 0 aliphatic carbocycles. The molecule has 0 fully saturated rings. The summed E-state index contributed by atoms with van der Waals surface area (Å²) >= 11 is 0. The highest BCUT2D eigenvalue weighted by molar-refractivity contribution is 6.03. The van der Waals surface area contributed by atoms with Crippen molar-refractivity contribution >= 4 is 27.9 Å². The lowest BCUT2D eigenvalue weighted by atomic mass is 10.2. The number of aromatic nitrogens is 3. The number of rotatable bonds is 0. The van der Waals surface area contributed by atoms with Crippen molar-refractivity contribution in [3.63, 3.8) is 0 Å². The van der Waals surface area contributed by atoms with Gasteiger partial charge in [0.1, 0.15) is 5.52 Å². The molecule has 0 radical (unpaired) electrons. The van der Waals surface area contributed by atoms with Crippen LogP contribution in [0.1, 0.15) is 0 Å². The summed E-state index contributed by atoms with van der Waals surface area (Å²) in [5.74, 6) is 0.529. The minimum atomic E-state index is 0.529. The number of hydrogen-bond donors (Lipinski definition) is 1. The van der Waals surface area contributed by atoms with Crippen LogP contribution in [0.2, 0.25) is 0 Å². The molecule has 0 atom stereocenters. The average molecular weight is 200 g/mol. The Morgan fingerprint density at radius 1 is 1.33 bits per heavy atom. The number of aryl methyl sites for hydroxylation is 1. The first-order valence-electron chi connectivity index (χ1n) is 4.73. The molecule has 2 aromatic heterocycles. The van der Waals surface area contributed by atoms with E-state index in [4.69, 9.17) is 5.73 Å². The van der Waals surface area contributed by atoms with Crippen LogP contribution < -0.4 is 5.73 Å². The third-order valence-electron chi connectivity index (χ3n) is 2.67. The van der Waals surface area contributed by atoms with Crippen LogP contribution in [0.25, 0.3) is 21.9 Å². The molecule has 0 saturated heterocycles. The van der Waals surface area contributed by atoms with Crippen molar-refractivity contribution in [2.75, 3.05) is 5.73 Å². The fourth-order valence-electron chi connectivity index (χ4n) is 1.83. The second kappa shape index (κ2) is 2.70. The maximum Gasteiger partial charge on any atom is 0.200 e. The number of nitrogens with two attached hydrogens (primary N) is 1. The van der Waals surface area contributed by atoms with E-state index < -0.39 is 0 Å². The van der Waals surface area contributed by atoms with E-state index >= 15 is 0 Å². The van der Waals surface area contributed by atoms with Crippen LogP contribution in [0, 0.1) is 0 Å². The summed E-state index contributed by atoms with van der Waals surface area (Å²) in [7, 11) is 1.91. The Bertz CT molecular complexity index is 654. The number of benzene rings is 1. The molecule has 3 aromatic rings. The van der Waals surface area contributed by atoms with Gasteiger partial charge in [-0.2, -0.15) is 0 Å². The molecular weight excluding hydrogens is 190 g/mol. The monoisotopic (exact) mass is 200 g/mol. The Morgan fingerprint density at radius 3 is 3.07 bits per heavy atom. The molecule has 0 bridgehead atoms. The van der Waals surface area contributed by atoms with Crippen LogP contribution in [0.15, 0.2) is 30.5 Å².